The number of rotatable bonds is 3. The molecule has 0 N–H and O–H groups in total. The second-order valence-electron chi connectivity index (χ2n) is 4.10. The van der Waals surface area contributed by atoms with Gasteiger partial charge in [-0.1, -0.05) is 0 Å². The van der Waals surface area contributed by atoms with Gasteiger partial charge < -0.3 is 4.74 Å². The maximum atomic E-state index is 13.3. The van der Waals surface area contributed by atoms with Crippen molar-refractivity contribution in [3.8, 4) is 5.75 Å². The summed E-state index contributed by atoms with van der Waals surface area (Å²) in [6.45, 7) is 1.83. The van der Waals surface area contributed by atoms with Gasteiger partial charge in [0, 0.05) is 15.8 Å². The van der Waals surface area contributed by atoms with E-state index >= 15 is 0 Å². The summed E-state index contributed by atoms with van der Waals surface area (Å²) < 4.78 is 69.5. The van der Waals surface area contributed by atoms with Gasteiger partial charge in [0.1, 0.15) is 0 Å². The lowest BCUT2D eigenvalue weighted by Crippen LogP contribution is -2.11. The molecule has 0 fully saturated rings. The van der Waals surface area contributed by atoms with E-state index in [-0.39, 0.29) is 0 Å². The first kappa shape index (κ1) is 16.2. The summed E-state index contributed by atoms with van der Waals surface area (Å²) in [6, 6.07) is 3.46. The minimum absolute atomic E-state index is 0.659. The standard InChI is InChI=1S/C14H7F5O2S/c1-6-2-3-7(22-6)4-5-8(20)21-14-12(18)10(16)9(15)11(17)13(14)19/h2-5H,1H3/b5-4+. The summed E-state index contributed by atoms with van der Waals surface area (Å²) in [4.78, 5) is 13.1. The fraction of sp³-hybridized carbons (Fsp3) is 0.0714. The predicted octanol–water partition coefficient (Wildman–Crippen LogP) is 4.37. The first-order valence-corrected chi connectivity index (χ1v) is 6.60. The third-order valence-corrected chi connectivity index (χ3v) is 3.48. The molecule has 0 radical (unpaired) electrons. The van der Waals surface area contributed by atoms with Crippen molar-refractivity contribution in [3.05, 3.63) is 57.0 Å². The minimum Gasteiger partial charge on any atom is -0.417 e. The van der Waals surface area contributed by atoms with E-state index in [1.54, 1.807) is 12.1 Å². The van der Waals surface area contributed by atoms with Crippen LogP contribution in [0.1, 0.15) is 9.75 Å². The predicted molar refractivity (Wildman–Crippen MR) is 70.0 cm³/mol. The van der Waals surface area contributed by atoms with Crippen LogP contribution in [-0.2, 0) is 4.79 Å². The van der Waals surface area contributed by atoms with Gasteiger partial charge in [-0.15, -0.1) is 11.3 Å². The van der Waals surface area contributed by atoms with Crippen LogP contribution in [0, 0.1) is 36.0 Å². The van der Waals surface area contributed by atoms with Gasteiger partial charge in [-0.05, 0) is 25.1 Å². The molecule has 0 aliphatic rings. The smallest absolute Gasteiger partial charge is 0.336 e. The molecule has 1 aromatic carbocycles. The number of benzene rings is 1. The van der Waals surface area contributed by atoms with Crippen molar-refractivity contribution in [1.29, 1.82) is 0 Å². The van der Waals surface area contributed by atoms with Crippen molar-refractivity contribution in [1.82, 2.24) is 0 Å². The number of carbonyl (C=O) groups is 1. The molecule has 8 heteroatoms. The van der Waals surface area contributed by atoms with Crippen molar-refractivity contribution < 1.29 is 31.5 Å². The van der Waals surface area contributed by atoms with Gasteiger partial charge in [-0.25, -0.2) is 18.0 Å². The molecule has 0 unspecified atom stereocenters. The number of carbonyl (C=O) groups excluding carboxylic acids is 1. The number of halogens is 5. The molecule has 1 aromatic heterocycles. The monoisotopic (exact) mass is 334 g/mol. The van der Waals surface area contributed by atoms with Gasteiger partial charge in [0.2, 0.25) is 34.8 Å². The van der Waals surface area contributed by atoms with E-state index in [0.29, 0.717) is 4.88 Å². The molecule has 0 aliphatic heterocycles. The van der Waals surface area contributed by atoms with Crippen LogP contribution in [0.2, 0.25) is 0 Å². The maximum absolute atomic E-state index is 13.3. The van der Waals surface area contributed by atoms with Gasteiger partial charge >= 0.3 is 5.97 Å². The summed E-state index contributed by atoms with van der Waals surface area (Å²) in [7, 11) is 0. The Morgan fingerprint density at radius 3 is 2.05 bits per heavy atom. The molecule has 0 amide bonds. The van der Waals surface area contributed by atoms with Crippen molar-refractivity contribution >= 4 is 23.4 Å². The lowest BCUT2D eigenvalue weighted by atomic mass is 10.2. The van der Waals surface area contributed by atoms with Crippen LogP contribution in [0.15, 0.2) is 18.2 Å². The van der Waals surface area contributed by atoms with Gasteiger partial charge in [0.15, 0.2) is 0 Å². The van der Waals surface area contributed by atoms with E-state index in [4.69, 9.17) is 0 Å². The van der Waals surface area contributed by atoms with E-state index in [2.05, 4.69) is 4.74 Å². The highest BCUT2D eigenvalue weighted by Gasteiger charge is 2.28. The zero-order valence-corrected chi connectivity index (χ0v) is 11.7. The molecule has 2 nitrogen and oxygen atoms in total. The van der Waals surface area contributed by atoms with Crippen molar-refractivity contribution in [2.45, 2.75) is 6.92 Å². The SMILES string of the molecule is Cc1ccc(/C=C/C(=O)Oc2c(F)c(F)c(F)c(F)c2F)s1. The number of esters is 1. The Hall–Kier alpha value is -2.22. The van der Waals surface area contributed by atoms with Gasteiger partial charge in [-0.2, -0.15) is 8.78 Å². The van der Waals surface area contributed by atoms with E-state index in [9.17, 15) is 26.7 Å². The lowest BCUT2D eigenvalue weighted by molar-refractivity contribution is -0.129. The van der Waals surface area contributed by atoms with Crippen molar-refractivity contribution in [2.75, 3.05) is 0 Å². The summed E-state index contributed by atoms with van der Waals surface area (Å²) in [5, 5.41) is 0. The number of ether oxygens (including phenoxy) is 1. The third kappa shape index (κ3) is 3.16. The van der Waals surface area contributed by atoms with E-state index < -0.39 is 40.8 Å². The third-order valence-electron chi connectivity index (χ3n) is 2.52. The molecular formula is C14H7F5O2S. The van der Waals surface area contributed by atoms with Gasteiger partial charge in [0.05, 0.1) is 0 Å². The molecule has 0 saturated carbocycles. The van der Waals surface area contributed by atoms with Gasteiger partial charge in [-0.3, -0.25) is 0 Å². The Morgan fingerprint density at radius 2 is 1.55 bits per heavy atom. The summed E-state index contributed by atoms with van der Waals surface area (Å²) in [6.07, 6.45) is 2.12. The molecule has 0 spiro atoms. The van der Waals surface area contributed by atoms with E-state index in [0.717, 1.165) is 11.0 Å². The average molecular weight is 334 g/mol. The molecule has 2 aromatic rings. The summed E-state index contributed by atoms with van der Waals surface area (Å²) in [5.41, 5.74) is 0. The molecule has 0 saturated heterocycles. The molecule has 1 heterocycles. The highest BCUT2D eigenvalue weighted by atomic mass is 32.1. The zero-order chi connectivity index (χ0) is 16.4. The molecular weight excluding hydrogens is 327 g/mol. The fourth-order valence-electron chi connectivity index (χ4n) is 1.50. The highest BCUT2D eigenvalue weighted by molar-refractivity contribution is 7.12. The maximum Gasteiger partial charge on any atom is 0.336 e. The first-order valence-electron chi connectivity index (χ1n) is 5.79. The Balaban J connectivity index is 2.24. The zero-order valence-electron chi connectivity index (χ0n) is 10.9. The van der Waals surface area contributed by atoms with Crippen LogP contribution in [0.3, 0.4) is 0 Å². The Kier molecular flexibility index (Phi) is 4.60. The normalized spacial score (nSPS) is 11.2. The molecule has 2 rings (SSSR count). The Morgan fingerprint density at radius 1 is 1.00 bits per heavy atom. The van der Waals surface area contributed by atoms with E-state index in [1.807, 2.05) is 6.92 Å². The molecule has 116 valence electrons. The van der Waals surface area contributed by atoms with Crippen LogP contribution in [0.4, 0.5) is 22.0 Å². The molecule has 0 aliphatic carbocycles. The van der Waals surface area contributed by atoms with Crippen LogP contribution in [0.25, 0.3) is 6.08 Å². The molecule has 0 atom stereocenters. The van der Waals surface area contributed by atoms with Crippen LogP contribution in [0.5, 0.6) is 5.75 Å². The Bertz CT molecular complexity index is 738. The molecule has 0 bridgehead atoms. The van der Waals surface area contributed by atoms with Crippen LogP contribution in [-0.4, -0.2) is 5.97 Å². The minimum atomic E-state index is -2.32. The number of aryl methyl sites for hydroxylation is 1. The number of thiophene rings is 1. The first-order chi connectivity index (χ1) is 10.3. The quantitative estimate of drug-likeness (QED) is 0.208. The highest BCUT2D eigenvalue weighted by Crippen LogP contribution is 2.29. The summed E-state index contributed by atoms with van der Waals surface area (Å²) in [5.74, 6) is -14.0. The van der Waals surface area contributed by atoms with E-state index in [1.165, 1.54) is 17.4 Å². The second-order valence-corrected chi connectivity index (χ2v) is 5.42. The average Bonchev–Trinajstić information content (AvgIpc) is 2.91. The Labute approximate surface area is 125 Å². The summed E-state index contributed by atoms with van der Waals surface area (Å²) >= 11 is 1.34. The van der Waals surface area contributed by atoms with Crippen molar-refractivity contribution in [2.24, 2.45) is 0 Å². The van der Waals surface area contributed by atoms with Crippen LogP contribution < -0.4 is 4.74 Å². The lowest BCUT2D eigenvalue weighted by Gasteiger charge is -2.07. The largest absolute Gasteiger partial charge is 0.417 e. The number of hydrogen-bond donors (Lipinski definition) is 0. The van der Waals surface area contributed by atoms with Crippen LogP contribution >= 0.6 is 11.3 Å². The fourth-order valence-corrected chi connectivity index (χ4v) is 2.28. The van der Waals surface area contributed by atoms with Gasteiger partial charge in [0.25, 0.3) is 0 Å². The molecule has 22 heavy (non-hydrogen) atoms. The topological polar surface area (TPSA) is 26.3 Å². The second kappa shape index (κ2) is 6.27. The van der Waals surface area contributed by atoms with Crippen molar-refractivity contribution in [3.63, 3.8) is 0 Å². The number of hydrogen-bond acceptors (Lipinski definition) is 3.